The maximum absolute atomic E-state index is 3.84. The molecular formula is C15H29N. The predicted molar refractivity (Wildman–Crippen MR) is 70.4 cm³/mol. The molecule has 1 heterocycles. The highest BCUT2D eigenvalue weighted by Gasteiger charge is 2.42. The van der Waals surface area contributed by atoms with Gasteiger partial charge in [-0.15, -0.1) is 0 Å². The summed E-state index contributed by atoms with van der Waals surface area (Å²) in [6.07, 6.45) is 5.82. The number of nitrogens with one attached hydrogen (secondary N) is 1. The molecule has 16 heavy (non-hydrogen) atoms. The van der Waals surface area contributed by atoms with E-state index in [0.29, 0.717) is 0 Å². The Hall–Kier alpha value is -0.0400. The van der Waals surface area contributed by atoms with Crippen LogP contribution in [0.2, 0.25) is 0 Å². The fraction of sp³-hybridized carbons (Fsp3) is 1.00. The molecule has 1 nitrogen and oxygen atoms in total. The topological polar surface area (TPSA) is 12.0 Å². The summed E-state index contributed by atoms with van der Waals surface area (Å²) in [7, 11) is 0. The summed E-state index contributed by atoms with van der Waals surface area (Å²) in [5.41, 5.74) is 0. The Kier molecular flexibility index (Phi) is 3.94. The first-order valence-corrected chi connectivity index (χ1v) is 7.34. The van der Waals surface area contributed by atoms with Crippen molar-refractivity contribution in [2.45, 2.75) is 59.4 Å². The molecule has 0 amide bonds. The molecule has 0 bridgehead atoms. The van der Waals surface area contributed by atoms with E-state index in [1.807, 2.05) is 0 Å². The van der Waals surface area contributed by atoms with Crippen LogP contribution in [0.25, 0.3) is 0 Å². The van der Waals surface area contributed by atoms with E-state index in [1.165, 1.54) is 32.2 Å². The van der Waals surface area contributed by atoms with Crippen LogP contribution in [0.1, 0.15) is 53.4 Å². The molecule has 4 atom stereocenters. The van der Waals surface area contributed by atoms with Crippen molar-refractivity contribution in [3.8, 4) is 0 Å². The largest absolute Gasteiger partial charge is 0.313 e. The molecule has 1 saturated heterocycles. The highest BCUT2D eigenvalue weighted by atomic mass is 15.0. The lowest BCUT2D eigenvalue weighted by Gasteiger charge is -2.49. The van der Waals surface area contributed by atoms with Gasteiger partial charge in [-0.05, 0) is 49.0 Å². The monoisotopic (exact) mass is 223 g/mol. The van der Waals surface area contributed by atoms with Crippen molar-refractivity contribution >= 4 is 0 Å². The van der Waals surface area contributed by atoms with Crippen LogP contribution in [0.5, 0.6) is 0 Å². The van der Waals surface area contributed by atoms with Crippen molar-refractivity contribution < 1.29 is 0 Å². The van der Waals surface area contributed by atoms with E-state index in [0.717, 1.165) is 35.6 Å². The Morgan fingerprint density at radius 2 is 1.62 bits per heavy atom. The van der Waals surface area contributed by atoms with Crippen LogP contribution in [0, 0.1) is 29.6 Å². The molecule has 2 aliphatic rings. The maximum Gasteiger partial charge on any atom is 0.00983 e. The molecule has 1 aliphatic carbocycles. The van der Waals surface area contributed by atoms with E-state index in [9.17, 15) is 0 Å². The van der Waals surface area contributed by atoms with Crippen LogP contribution < -0.4 is 5.32 Å². The highest BCUT2D eigenvalue weighted by molar-refractivity contribution is 4.95. The standard InChI is InChI=1S/C15H29N/c1-10(2)13-9-16-14-8-6-5-7-12(14)15(13)11(3)4/h10-16H,5-9H2,1-4H3. The minimum absolute atomic E-state index is 0.836. The second-order valence-electron chi connectivity index (χ2n) is 6.69. The van der Waals surface area contributed by atoms with Crippen molar-refractivity contribution in [2.75, 3.05) is 6.54 Å². The lowest BCUT2D eigenvalue weighted by molar-refractivity contribution is 0.0321. The van der Waals surface area contributed by atoms with Gasteiger partial charge in [0.25, 0.3) is 0 Å². The maximum atomic E-state index is 3.84. The summed E-state index contributed by atoms with van der Waals surface area (Å²) in [5.74, 6) is 4.53. The molecule has 1 aliphatic heterocycles. The molecule has 2 rings (SSSR count). The van der Waals surface area contributed by atoms with E-state index >= 15 is 0 Å². The molecule has 1 saturated carbocycles. The Labute approximate surface area is 101 Å². The quantitative estimate of drug-likeness (QED) is 0.753. The summed E-state index contributed by atoms with van der Waals surface area (Å²) in [5, 5.41) is 3.84. The molecule has 1 N–H and O–H groups in total. The molecular weight excluding hydrogens is 194 g/mol. The molecule has 2 fully saturated rings. The van der Waals surface area contributed by atoms with Crippen molar-refractivity contribution in [1.29, 1.82) is 0 Å². The first-order valence-electron chi connectivity index (χ1n) is 7.34. The fourth-order valence-electron chi connectivity index (χ4n) is 4.28. The SMILES string of the molecule is CC(C)C1CNC2CCCCC2C1C(C)C. The zero-order chi connectivity index (χ0) is 11.7. The summed E-state index contributed by atoms with van der Waals surface area (Å²) >= 11 is 0. The van der Waals surface area contributed by atoms with Crippen molar-refractivity contribution in [2.24, 2.45) is 29.6 Å². The van der Waals surface area contributed by atoms with E-state index in [-0.39, 0.29) is 0 Å². The summed E-state index contributed by atoms with van der Waals surface area (Å²) in [4.78, 5) is 0. The van der Waals surface area contributed by atoms with E-state index in [2.05, 4.69) is 33.0 Å². The van der Waals surface area contributed by atoms with Crippen LogP contribution in [0.15, 0.2) is 0 Å². The zero-order valence-electron chi connectivity index (χ0n) is 11.5. The number of rotatable bonds is 2. The van der Waals surface area contributed by atoms with Gasteiger partial charge in [-0.2, -0.15) is 0 Å². The normalized spacial score (nSPS) is 40.1. The number of piperidine rings is 1. The predicted octanol–water partition coefficient (Wildman–Crippen LogP) is 3.69. The van der Waals surface area contributed by atoms with E-state index in [1.54, 1.807) is 0 Å². The third kappa shape index (κ3) is 2.30. The van der Waals surface area contributed by atoms with Gasteiger partial charge in [-0.3, -0.25) is 0 Å². The van der Waals surface area contributed by atoms with E-state index in [4.69, 9.17) is 0 Å². The van der Waals surface area contributed by atoms with Gasteiger partial charge in [0, 0.05) is 6.04 Å². The lowest BCUT2D eigenvalue weighted by Crippen LogP contribution is -2.54. The third-order valence-corrected chi connectivity index (χ3v) is 5.05. The van der Waals surface area contributed by atoms with Crippen LogP contribution in [0.3, 0.4) is 0 Å². The van der Waals surface area contributed by atoms with Crippen molar-refractivity contribution in [3.05, 3.63) is 0 Å². The summed E-state index contributed by atoms with van der Waals surface area (Å²) in [6.45, 7) is 11.0. The first-order chi connectivity index (χ1) is 7.61. The number of hydrogen-bond donors (Lipinski definition) is 1. The average Bonchev–Trinajstić information content (AvgIpc) is 2.27. The van der Waals surface area contributed by atoms with Gasteiger partial charge in [-0.25, -0.2) is 0 Å². The second-order valence-corrected chi connectivity index (χ2v) is 6.69. The zero-order valence-corrected chi connectivity index (χ0v) is 11.5. The lowest BCUT2D eigenvalue weighted by atomic mass is 9.62. The van der Waals surface area contributed by atoms with Crippen LogP contribution >= 0.6 is 0 Å². The van der Waals surface area contributed by atoms with Gasteiger partial charge in [-0.1, -0.05) is 40.5 Å². The summed E-state index contributed by atoms with van der Waals surface area (Å²) < 4.78 is 0. The van der Waals surface area contributed by atoms with Gasteiger partial charge in [0.1, 0.15) is 0 Å². The van der Waals surface area contributed by atoms with E-state index < -0.39 is 0 Å². The minimum Gasteiger partial charge on any atom is -0.313 e. The third-order valence-electron chi connectivity index (χ3n) is 5.05. The molecule has 0 radical (unpaired) electrons. The Morgan fingerprint density at radius 1 is 0.938 bits per heavy atom. The van der Waals surface area contributed by atoms with Crippen molar-refractivity contribution in [3.63, 3.8) is 0 Å². The molecule has 0 aromatic heterocycles. The van der Waals surface area contributed by atoms with Crippen LogP contribution in [-0.4, -0.2) is 12.6 Å². The van der Waals surface area contributed by atoms with Crippen LogP contribution in [-0.2, 0) is 0 Å². The molecule has 0 aromatic carbocycles. The Bertz CT molecular complexity index is 221. The Balaban J connectivity index is 2.14. The smallest absolute Gasteiger partial charge is 0.00983 e. The number of fused-ring (bicyclic) bond motifs is 1. The molecule has 0 aromatic rings. The molecule has 1 heteroatoms. The van der Waals surface area contributed by atoms with Gasteiger partial charge in [0.2, 0.25) is 0 Å². The van der Waals surface area contributed by atoms with Gasteiger partial charge in [0.15, 0.2) is 0 Å². The number of hydrogen-bond acceptors (Lipinski definition) is 1. The fourth-order valence-corrected chi connectivity index (χ4v) is 4.28. The average molecular weight is 223 g/mol. The van der Waals surface area contributed by atoms with Crippen LogP contribution in [0.4, 0.5) is 0 Å². The van der Waals surface area contributed by atoms with Crippen molar-refractivity contribution in [1.82, 2.24) is 5.32 Å². The minimum atomic E-state index is 0.836. The van der Waals surface area contributed by atoms with Gasteiger partial charge < -0.3 is 5.32 Å². The second kappa shape index (κ2) is 5.08. The molecule has 94 valence electrons. The first kappa shape index (κ1) is 12.4. The van der Waals surface area contributed by atoms with Gasteiger partial charge in [0.05, 0.1) is 0 Å². The molecule has 0 spiro atoms. The highest BCUT2D eigenvalue weighted by Crippen LogP contribution is 2.43. The van der Waals surface area contributed by atoms with Gasteiger partial charge >= 0.3 is 0 Å². The molecule has 4 unspecified atom stereocenters. The Morgan fingerprint density at radius 3 is 2.25 bits per heavy atom. The summed E-state index contributed by atoms with van der Waals surface area (Å²) in [6, 6.07) is 0.844.